The molecular formula is C8H14N2O. The number of hydrogen-bond acceptors (Lipinski definition) is 3. The van der Waals surface area contributed by atoms with E-state index < -0.39 is 0 Å². The maximum absolute atomic E-state index is 9.99. The molecule has 0 aromatic heterocycles. The molecule has 0 aliphatic carbocycles. The molecule has 1 saturated heterocycles. The minimum absolute atomic E-state index is 0.394. The van der Waals surface area contributed by atoms with Gasteiger partial charge in [-0.3, -0.25) is 5.01 Å². The van der Waals surface area contributed by atoms with Gasteiger partial charge in [-0.15, -0.1) is 0 Å². The van der Waals surface area contributed by atoms with Gasteiger partial charge in [0.2, 0.25) is 0 Å². The van der Waals surface area contributed by atoms with Crippen molar-refractivity contribution >= 4 is 6.08 Å². The van der Waals surface area contributed by atoms with Gasteiger partial charge in [-0.05, 0) is 25.7 Å². The third-order valence-corrected chi connectivity index (χ3v) is 2.51. The molecule has 0 amide bonds. The second kappa shape index (κ2) is 3.54. The van der Waals surface area contributed by atoms with Gasteiger partial charge in [0.1, 0.15) is 0 Å². The average Bonchev–Trinajstić information content (AvgIpc) is 1.99. The molecule has 0 bridgehead atoms. The summed E-state index contributed by atoms with van der Waals surface area (Å²) in [7, 11) is 0. The number of hydrogen-bond donors (Lipinski definition) is 0. The molecular weight excluding hydrogens is 140 g/mol. The van der Waals surface area contributed by atoms with Crippen molar-refractivity contribution < 1.29 is 4.79 Å². The summed E-state index contributed by atoms with van der Waals surface area (Å²) in [4.78, 5) is 9.99. The van der Waals surface area contributed by atoms with Crippen molar-refractivity contribution in [3.05, 3.63) is 0 Å². The standard InChI is InChI=1S/C8H14N2O/c1-7-4-3-5-10(8(7)2)9-6-11/h7-8H,3-5H2,1-2H3. The Labute approximate surface area is 67.1 Å². The van der Waals surface area contributed by atoms with E-state index in [1.807, 2.05) is 5.01 Å². The second-order valence-electron chi connectivity index (χ2n) is 3.21. The fraction of sp³-hybridized carbons (Fsp3) is 0.875. The Kier molecular flexibility index (Phi) is 2.66. The predicted octanol–water partition coefficient (Wildman–Crippen LogP) is 1.36. The van der Waals surface area contributed by atoms with Crippen molar-refractivity contribution in [2.75, 3.05) is 6.54 Å². The summed E-state index contributed by atoms with van der Waals surface area (Å²) < 4.78 is 0. The van der Waals surface area contributed by atoms with Crippen LogP contribution < -0.4 is 0 Å². The fourth-order valence-electron chi connectivity index (χ4n) is 1.51. The van der Waals surface area contributed by atoms with Crippen LogP contribution in [-0.4, -0.2) is 23.7 Å². The van der Waals surface area contributed by atoms with E-state index in [9.17, 15) is 4.79 Å². The lowest BCUT2D eigenvalue weighted by atomic mass is 9.94. The van der Waals surface area contributed by atoms with Crippen LogP contribution in [0.2, 0.25) is 0 Å². The van der Waals surface area contributed by atoms with E-state index >= 15 is 0 Å². The van der Waals surface area contributed by atoms with E-state index in [2.05, 4.69) is 18.9 Å². The third kappa shape index (κ3) is 1.81. The molecule has 62 valence electrons. The zero-order valence-electron chi connectivity index (χ0n) is 7.08. The molecule has 0 radical (unpaired) electrons. The van der Waals surface area contributed by atoms with Crippen molar-refractivity contribution in [3.8, 4) is 0 Å². The van der Waals surface area contributed by atoms with Crippen molar-refractivity contribution in [1.82, 2.24) is 5.01 Å². The van der Waals surface area contributed by atoms with Gasteiger partial charge in [-0.1, -0.05) is 12.0 Å². The second-order valence-corrected chi connectivity index (χ2v) is 3.21. The Bertz CT molecular complexity index is 175. The first-order valence-corrected chi connectivity index (χ1v) is 4.10. The number of isocyanates is 1. The van der Waals surface area contributed by atoms with Crippen LogP contribution in [0, 0.1) is 5.92 Å². The van der Waals surface area contributed by atoms with Gasteiger partial charge < -0.3 is 0 Å². The van der Waals surface area contributed by atoms with Gasteiger partial charge in [0.15, 0.2) is 0 Å². The van der Waals surface area contributed by atoms with Crippen molar-refractivity contribution in [2.24, 2.45) is 11.0 Å². The van der Waals surface area contributed by atoms with E-state index in [4.69, 9.17) is 0 Å². The molecule has 1 heterocycles. The van der Waals surface area contributed by atoms with E-state index in [1.165, 1.54) is 6.42 Å². The Hall–Kier alpha value is -0.820. The number of piperidine rings is 1. The molecule has 0 spiro atoms. The summed E-state index contributed by atoms with van der Waals surface area (Å²) in [5.41, 5.74) is 0. The van der Waals surface area contributed by atoms with E-state index in [0.717, 1.165) is 13.0 Å². The van der Waals surface area contributed by atoms with Crippen molar-refractivity contribution in [3.63, 3.8) is 0 Å². The molecule has 0 aromatic carbocycles. The van der Waals surface area contributed by atoms with Gasteiger partial charge in [-0.2, -0.15) is 0 Å². The van der Waals surface area contributed by atoms with Crippen LogP contribution in [-0.2, 0) is 4.79 Å². The Morgan fingerprint density at radius 2 is 2.27 bits per heavy atom. The molecule has 11 heavy (non-hydrogen) atoms. The summed E-state index contributed by atoms with van der Waals surface area (Å²) in [5, 5.41) is 5.48. The zero-order valence-corrected chi connectivity index (χ0v) is 7.08. The van der Waals surface area contributed by atoms with Crippen LogP contribution in [0.3, 0.4) is 0 Å². The number of nitrogens with zero attached hydrogens (tertiary/aromatic N) is 2. The van der Waals surface area contributed by atoms with Gasteiger partial charge in [0.25, 0.3) is 6.08 Å². The Balaban J connectivity index is 2.57. The Morgan fingerprint density at radius 1 is 1.55 bits per heavy atom. The predicted molar refractivity (Wildman–Crippen MR) is 42.7 cm³/mol. The van der Waals surface area contributed by atoms with Gasteiger partial charge in [0, 0.05) is 12.6 Å². The van der Waals surface area contributed by atoms with Crippen LogP contribution in [0.1, 0.15) is 26.7 Å². The monoisotopic (exact) mass is 154 g/mol. The molecule has 0 N–H and O–H groups in total. The van der Waals surface area contributed by atoms with E-state index in [-0.39, 0.29) is 0 Å². The fourth-order valence-corrected chi connectivity index (χ4v) is 1.51. The van der Waals surface area contributed by atoms with Crippen LogP contribution in [0.5, 0.6) is 0 Å². The number of carbonyl (C=O) groups excluding carboxylic acids is 1. The molecule has 3 nitrogen and oxygen atoms in total. The minimum atomic E-state index is 0.394. The molecule has 1 aliphatic rings. The topological polar surface area (TPSA) is 32.7 Å². The molecule has 1 aliphatic heterocycles. The lowest BCUT2D eigenvalue weighted by molar-refractivity contribution is 0.118. The Morgan fingerprint density at radius 3 is 2.91 bits per heavy atom. The van der Waals surface area contributed by atoms with Crippen molar-refractivity contribution in [2.45, 2.75) is 32.7 Å². The highest BCUT2D eigenvalue weighted by molar-refractivity contribution is 5.32. The largest absolute Gasteiger partial charge is 0.283 e. The van der Waals surface area contributed by atoms with Crippen LogP contribution >= 0.6 is 0 Å². The van der Waals surface area contributed by atoms with Crippen LogP contribution in [0.25, 0.3) is 0 Å². The molecule has 1 rings (SSSR count). The summed E-state index contributed by atoms with van der Waals surface area (Å²) in [6.45, 7) is 5.20. The lowest BCUT2D eigenvalue weighted by Gasteiger charge is -2.34. The number of rotatable bonds is 1. The summed E-state index contributed by atoms with van der Waals surface area (Å²) >= 11 is 0. The molecule has 2 unspecified atom stereocenters. The zero-order chi connectivity index (χ0) is 8.27. The van der Waals surface area contributed by atoms with Crippen LogP contribution in [0.15, 0.2) is 5.10 Å². The highest BCUT2D eigenvalue weighted by Crippen LogP contribution is 2.22. The summed E-state index contributed by atoms with van der Waals surface area (Å²) in [6.07, 6.45) is 3.97. The minimum Gasteiger partial charge on any atom is -0.283 e. The van der Waals surface area contributed by atoms with Gasteiger partial charge >= 0.3 is 0 Å². The molecule has 0 aromatic rings. The maximum atomic E-state index is 9.99. The molecule has 3 heteroatoms. The van der Waals surface area contributed by atoms with Gasteiger partial charge in [0.05, 0.1) is 0 Å². The smallest absolute Gasteiger partial charge is 0.258 e. The van der Waals surface area contributed by atoms with Crippen molar-refractivity contribution in [1.29, 1.82) is 0 Å². The van der Waals surface area contributed by atoms with Crippen LogP contribution in [0.4, 0.5) is 0 Å². The first-order valence-electron chi connectivity index (χ1n) is 4.10. The normalized spacial score (nSPS) is 31.3. The first-order chi connectivity index (χ1) is 5.25. The summed E-state index contributed by atoms with van der Waals surface area (Å²) in [6, 6.07) is 0.394. The highest BCUT2D eigenvalue weighted by Gasteiger charge is 2.23. The highest BCUT2D eigenvalue weighted by atomic mass is 16.1. The number of hydrazone groups is 1. The summed E-state index contributed by atoms with van der Waals surface area (Å²) in [5.74, 6) is 0.640. The first kappa shape index (κ1) is 8.28. The molecule has 1 fully saturated rings. The lowest BCUT2D eigenvalue weighted by Crippen LogP contribution is -2.38. The van der Waals surface area contributed by atoms with Gasteiger partial charge in [-0.25, -0.2) is 4.79 Å². The quantitative estimate of drug-likeness (QED) is 0.422. The SMILES string of the molecule is CC1CCCN(N=C=O)C1C. The average molecular weight is 154 g/mol. The maximum Gasteiger partial charge on any atom is 0.258 e. The van der Waals surface area contributed by atoms with E-state index in [0.29, 0.717) is 12.0 Å². The molecule has 2 atom stereocenters. The molecule has 0 saturated carbocycles. The third-order valence-electron chi connectivity index (χ3n) is 2.51. The van der Waals surface area contributed by atoms with E-state index in [1.54, 1.807) is 6.08 Å².